The van der Waals surface area contributed by atoms with E-state index in [4.69, 9.17) is 0 Å². The van der Waals surface area contributed by atoms with Crippen LogP contribution < -0.4 is 0 Å². The van der Waals surface area contributed by atoms with Gasteiger partial charge in [-0.15, -0.1) is 11.3 Å². The number of hydrogen-bond donors (Lipinski definition) is 0. The van der Waals surface area contributed by atoms with E-state index in [2.05, 4.69) is 134 Å². The lowest BCUT2D eigenvalue weighted by Crippen LogP contribution is -2.18. The van der Waals surface area contributed by atoms with Gasteiger partial charge in [0.05, 0.1) is 28.4 Å². The van der Waals surface area contributed by atoms with Crippen molar-refractivity contribution < 1.29 is 0 Å². The van der Waals surface area contributed by atoms with Gasteiger partial charge in [0.25, 0.3) is 0 Å². The van der Waals surface area contributed by atoms with Crippen molar-refractivity contribution in [3.05, 3.63) is 142 Å². The molecule has 0 saturated carbocycles. The minimum atomic E-state index is 0.0508. The van der Waals surface area contributed by atoms with Crippen LogP contribution >= 0.6 is 11.3 Å². The van der Waals surface area contributed by atoms with E-state index >= 15 is 0 Å². The minimum absolute atomic E-state index is 0.0508. The summed E-state index contributed by atoms with van der Waals surface area (Å²) in [5, 5.41) is 13.7. The maximum Gasteiger partial charge on any atom is 0.0991 e. The highest BCUT2D eigenvalue weighted by atomic mass is 32.1. The third-order valence-corrected chi connectivity index (χ3v) is 11.0. The number of hydrogen-bond acceptors (Lipinski definition) is 2. The molecule has 5 aromatic carbocycles. The predicted octanol–water partition coefficient (Wildman–Crippen LogP) is 10.6. The summed E-state index contributed by atoms with van der Waals surface area (Å²) >= 11 is 1.91. The summed E-state index contributed by atoms with van der Waals surface area (Å²) in [6, 6.07) is 41.7. The van der Waals surface area contributed by atoms with E-state index in [0.29, 0.717) is 11.5 Å². The number of nitriles is 1. The molecular weight excluding hydrogens is 541 g/mol. The molecule has 0 aliphatic heterocycles. The Morgan fingerprint density at radius 2 is 1.51 bits per heavy atom. The van der Waals surface area contributed by atoms with Gasteiger partial charge >= 0.3 is 0 Å². The summed E-state index contributed by atoms with van der Waals surface area (Å²) in [6.45, 7) is 4.76. The van der Waals surface area contributed by atoms with E-state index in [1.54, 1.807) is 5.57 Å². The number of thiophene rings is 1. The monoisotopic (exact) mass is 568 g/mol. The first-order valence-corrected chi connectivity index (χ1v) is 15.7. The molecule has 1 unspecified atom stereocenters. The van der Waals surface area contributed by atoms with Crippen LogP contribution in [0.15, 0.2) is 115 Å². The molecule has 204 valence electrons. The molecule has 7 aromatic rings. The van der Waals surface area contributed by atoms with Crippen LogP contribution in [0.5, 0.6) is 0 Å². The molecule has 0 bridgehead atoms. The normalized spacial score (nSPS) is 16.6. The van der Waals surface area contributed by atoms with Crippen molar-refractivity contribution in [2.24, 2.45) is 0 Å². The third-order valence-electron chi connectivity index (χ3n) is 9.88. The van der Waals surface area contributed by atoms with Gasteiger partial charge in [0, 0.05) is 37.2 Å². The number of benzene rings is 5. The Bertz CT molecular complexity index is 2320. The second kappa shape index (κ2) is 8.80. The Hall–Kier alpha value is -4.91. The summed E-state index contributed by atoms with van der Waals surface area (Å²) in [7, 11) is 0. The summed E-state index contributed by atoms with van der Waals surface area (Å²) in [5.74, 6) is 0.426. The molecule has 0 amide bonds. The van der Waals surface area contributed by atoms with Gasteiger partial charge in [0.2, 0.25) is 0 Å². The zero-order chi connectivity index (χ0) is 28.9. The molecule has 0 spiro atoms. The molecule has 2 aliphatic rings. The molecule has 2 aromatic heterocycles. The average Bonchev–Trinajstić information content (AvgIpc) is 3.65. The van der Waals surface area contributed by atoms with Gasteiger partial charge in [0.15, 0.2) is 0 Å². The van der Waals surface area contributed by atoms with Crippen molar-refractivity contribution in [2.75, 3.05) is 0 Å². The molecule has 43 heavy (non-hydrogen) atoms. The Kier molecular flexibility index (Phi) is 5.05. The second-order valence-electron chi connectivity index (χ2n) is 12.4. The van der Waals surface area contributed by atoms with E-state index in [0.717, 1.165) is 23.2 Å². The SMILES string of the molecule is CC1(C)C2=Cc3sc4ccc(-c5cc(C#N)ccc5-n5c6ccccc6c6ccccc65)cc4c3CC2c2ccccc21. The largest absolute Gasteiger partial charge is 0.309 e. The third kappa shape index (κ3) is 3.39. The van der Waals surface area contributed by atoms with Crippen LogP contribution in [0, 0.1) is 11.3 Å². The quantitative estimate of drug-likeness (QED) is 0.204. The Morgan fingerprint density at radius 1 is 0.791 bits per heavy atom. The Balaban J connectivity index is 1.26. The van der Waals surface area contributed by atoms with Gasteiger partial charge in [-0.05, 0) is 82.6 Å². The first-order valence-electron chi connectivity index (χ1n) is 14.9. The lowest BCUT2D eigenvalue weighted by Gasteiger charge is -2.27. The number of nitrogens with zero attached hydrogens (tertiary/aromatic N) is 2. The standard InChI is InChI=1S/C40H28N2S/c1-40(2)33-12-6-3-9-26(33)30-21-32-31-20-25(16-18-38(31)43-39(32)22-34(30)40)29-19-24(23-41)15-17-37(29)42-35-13-7-4-10-27(35)28-11-5-8-14-36(28)42/h3-20,22,30H,21H2,1-2H3. The van der Waals surface area contributed by atoms with E-state index < -0.39 is 0 Å². The Labute approximate surface area is 254 Å². The van der Waals surface area contributed by atoms with Gasteiger partial charge in [-0.3, -0.25) is 0 Å². The molecule has 0 fully saturated rings. The van der Waals surface area contributed by atoms with E-state index in [9.17, 15) is 5.26 Å². The molecule has 0 radical (unpaired) electrons. The number of para-hydroxylation sites is 2. The van der Waals surface area contributed by atoms with Crippen LogP contribution in [0.3, 0.4) is 0 Å². The molecular formula is C40H28N2S. The van der Waals surface area contributed by atoms with Gasteiger partial charge in [-0.25, -0.2) is 0 Å². The van der Waals surface area contributed by atoms with Crippen LogP contribution in [-0.4, -0.2) is 4.57 Å². The minimum Gasteiger partial charge on any atom is -0.309 e. The average molecular weight is 569 g/mol. The Morgan fingerprint density at radius 3 is 2.28 bits per heavy atom. The van der Waals surface area contributed by atoms with Crippen molar-refractivity contribution in [1.29, 1.82) is 5.26 Å². The van der Waals surface area contributed by atoms with Gasteiger partial charge in [-0.1, -0.05) is 86.2 Å². The molecule has 0 N–H and O–H groups in total. The van der Waals surface area contributed by atoms with Crippen molar-refractivity contribution >= 4 is 49.3 Å². The highest BCUT2D eigenvalue weighted by molar-refractivity contribution is 7.20. The second-order valence-corrected chi connectivity index (χ2v) is 13.5. The maximum absolute atomic E-state index is 9.92. The fraction of sp³-hybridized carbons (Fsp3) is 0.125. The van der Waals surface area contributed by atoms with E-state index in [-0.39, 0.29) is 5.41 Å². The van der Waals surface area contributed by atoms with E-state index in [1.807, 2.05) is 17.4 Å². The molecule has 9 rings (SSSR count). The van der Waals surface area contributed by atoms with Crippen molar-refractivity contribution in [2.45, 2.75) is 31.6 Å². The molecule has 3 heteroatoms. The first kappa shape index (κ1) is 24.7. The topological polar surface area (TPSA) is 28.7 Å². The van der Waals surface area contributed by atoms with Crippen LogP contribution in [0.1, 0.15) is 46.9 Å². The highest BCUT2D eigenvalue weighted by Gasteiger charge is 2.43. The lowest BCUT2D eigenvalue weighted by molar-refractivity contribution is 0.615. The fourth-order valence-corrected chi connectivity index (χ4v) is 9.02. The smallest absolute Gasteiger partial charge is 0.0991 e. The van der Waals surface area contributed by atoms with Crippen LogP contribution in [-0.2, 0) is 11.8 Å². The van der Waals surface area contributed by atoms with Gasteiger partial charge in [-0.2, -0.15) is 5.26 Å². The number of aromatic nitrogens is 1. The molecule has 2 aliphatic carbocycles. The lowest BCUT2D eigenvalue weighted by atomic mass is 9.77. The summed E-state index contributed by atoms with van der Waals surface area (Å²) < 4.78 is 3.69. The first-order chi connectivity index (χ1) is 21.0. The summed E-state index contributed by atoms with van der Waals surface area (Å²) in [5.41, 5.74) is 12.3. The molecule has 2 nitrogen and oxygen atoms in total. The zero-order valence-corrected chi connectivity index (χ0v) is 24.9. The van der Waals surface area contributed by atoms with Crippen molar-refractivity contribution in [1.82, 2.24) is 4.57 Å². The summed E-state index contributed by atoms with van der Waals surface area (Å²) in [6.07, 6.45) is 3.52. The van der Waals surface area contributed by atoms with Crippen LogP contribution in [0.25, 0.3) is 54.8 Å². The zero-order valence-electron chi connectivity index (χ0n) is 24.1. The van der Waals surface area contributed by atoms with Crippen molar-refractivity contribution in [3.63, 3.8) is 0 Å². The maximum atomic E-state index is 9.92. The van der Waals surface area contributed by atoms with Crippen molar-refractivity contribution in [3.8, 4) is 22.9 Å². The van der Waals surface area contributed by atoms with Crippen LogP contribution in [0.2, 0.25) is 0 Å². The van der Waals surface area contributed by atoms with Crippen LogP contribution in [0.4, 0.5) is 0 Å². The van der Waals surface area contributed by atoms with E-state index in [1.165, 1.54) is 53.5 Å². The predicted molar refractivity (Wildman–Crippen MR) is 180 cm³/mol. The highest BCUT2D eigenvalue weighted by Crippen LogP contribution is 2.56. The molecule has 2 heterocycles. The van der Waals surface area contributed by atoms with Gasteiger partial charge in [0.1, 0.15) is 0 Å². The molecule has 1 atom stereocenters. The number of fused-ring (bicyclic) bond motifs is 9. The number of allylic oxidation sites excluding steroid dienone is 1. The fourth-order valence-electron chi connectivity index (χ4n) is 7.85. The van der Waals surface area contributed by atoms with Gasteiger partial charge < -0.3 is 4.57 Å². The summed E-state index contributed by atoms with van der Waals surface area (Å²) in [4.78, 5) is 1.40. The molecule has 0 saturated heterocycles. The number of rotatable bonds is 2.